The molecule has 0 saturated heterocycles. The maximum atomic E-state index is 13.4. The van der Waals surface area contributed by atoms with Gasteiger partial charge in [-0.15, -0.1) is 0 Å². The molecule has 0 atom stereocenters. The van der Waals surface area contributed by atoms with Crippen molar-refractivity contribution in [3.63, 3.8) is 0 Å². The first-order valence-corrected chi connectivity index (χ1v) is 10.1. The second kappa shape index (κ2) is 7.63. The van der Waals surface area contributed by atoms with Crippen LogP contribution in [0, 0.1) is 6.92 Å². The second-order valence-electron chi connectivity index (χ2n) is 7.59. The van der Waals surface area contributed by atoms with Gasteiger partial charge in [-0.1, -0.05) is 61.4 Å². The number of unbranched alkanes of at least 4 members (excludes halogenated alkanes) is 1. The third kappa shape index (κ3) is 3.13. The monoisotopic (exact) mass is 374 g/mol. The lowest BCUT2D eigenvalue weighted by atomic mass is 9.98. The van der Waals surface area contributed by atoms with Crippen LogP contribution in [0.2, 0.25) is 0 Å². The Bertz CT molecular complexity index is 943. The molecule has 4 nitrogen and oxygen atoms in total. The first kappa shape index (κ1) is 18.5. The minimum Gasteiger partial charge on any atom is -0.336 e. The molecule has 4 rings (SSSR count). The number of carbonyl (C=O) groups is 2. The first-order valence-electron chi connectivity index (χ1n) is 10.1. The number of hydrogen-bond acceptors (Lipinski definition) is 3. The number of rotatable bonds is 5. The highest BCUT2D eigenvalue weighted by Crippen LogP contribution is 2.37. The minimum absolute atomic E-state index is 0.161. The Hall–Kier alpha value is -2.88. The van der Waals surface area contributed by atoms with Crippen LogP contribution in [-0.2, 0) is 16.0 Å². The van der Waals surface area contributed by atoms with E-state index in [9.17, 15) is 9.59 Å². The molecular formula is C24H26N2O2. The zero-order valence-electron chi connectivity index (χ0n) is 16.6. The lowest BCUT2D eigenvalue weighted by Gasteiger charge is -2.32. The Balaban J connectivity index is 1.85. The number of imide groups is 1. The molecule has 0 aliphatic carbocycles. The van der Waals surface area contributed by atoms with Crippen molar-refractivity contribution in [2.45, 2.75) is 39.5 Å². The van der Waals surface area contributed by atoms with Crippen molar-refractivity contribution in [1.82, 2.24) is 4.90 Å². The smallest absolute Gasteiger partial charge is 0.278 e. The van der Waals surface area contributed by atoms with E-state index in [4.69, 9.17) is 0 Å². The summed E-state index contributed by atoms with van der Waals surface area (Å²) in [5.74, 6) is -0.328. The number of carbonyl (C=O) groups excluding carboxylic acids is 2. The predicted octanol–water partition coefficient (Wildman–Crippen LogP) is 4.33. The molecule has 2 amide bonds. The van der Waals surface area contributed by atoms with Crippen LogP contribution in [0.3, 0.4) is 0 Å². The van der Waals surface area contributed by atoms with E-state index in [1.165, 1.54) is 10.5 Å². The zero-order valence-corrected chi connectivity index (χ0v) is 16.6. The molecule has 2 aliphatic rings. The molecule has 2 heterocycles. The molecule has 0 aromatic heterocycles. The van der Waals surface area contributed by atoms with Crippen LogP contribution in [0.4, 0.5) is 5.69 Å². The summed E-state index contributed by atoms with van der Waals surface area (Å²) in [6.07, 6.45) is 3.74. The summed E-state index contributed by atoms with van der Waals surface area (Å²) in [7, 11) is 0. The Morgan fingerprint density at radius 2 is 1.71 bits per heavy atom. The summed E-state index contributed by atoms with van der Waals surface area (Å²) in [5, 5.41) is 0. The number of aryl methyl sites for hydroxylation is 2. The summed E-state index contributed by atoms with van der Waals surface area (Å²) in [4.78, 5) is 30.2. The standard InChI is InChI=1S/C24H26N2O2/c1-3-4-15-26-23(27)21(19-13-11-17(2)12-14-19)22(24(26)28)25-16-7-9-18-8-5-6-10-20(18)25/h5-6,8,10-14H,3-4,7,9,15-16H2,1-2H3. The number of benzene rings is 2. The van der Waals surface area contributed by atoms with E-state index >= 15 is 0 Å². The van der Waals surface area contributed by atoms with Gasteiger partial charge in [0.2, 0.25) is 0 Å². The van der Waals surface area contributed by atoms with Crippen LogP contribution in [0.25, 0.3) is 5.57 Å². The van der Waals surface area contributed by atoms with E-state index in [1.54, 1.807) is 0 Å². The van der Waals surface area contributed by atoms with E-state index in [-0.39, 0.29) is 11.8 Å². The third-order valence-corrected chi connectivity index (χ3v) is 5.60. The van der Waals surface area contributed by atoms with Crippen LogP contribution in [0.15, 0.2) is 54.2 Å². The average molecular weight is 374 g/mol. The van der Waals surface area contributed by atoms with E-state index in [2.05, 4.69) is 24.0 Å². The SMILES string of the molecule is CCCCN1C(=O)C(c2ccc(C)cc2)=C(N2CCCc3ccccc32)C1=O. The largest absolute Gasteiger partial charge is 0.336 e. The van der Waals surface area contributed by atoms with Crippen molar-refractivity contribution in [2.75, 3.05) is 18.0 Å². The Morgan fingerprint density at radius 3 is 2.46 bits per heavy atom. The van der Waals surface area contributed by atoms with Gasteiger partial charge in [0.25, 0.3) is 11.8 Å². The molecule has 2 aliphatic heterocycles. The van der Waals surface area contributed by atoms with Gasteiger partial charge in [0.1, 0.15) is 5.70 Å². The highest BCUT2D eigenvalue weighted by Gasteiger charge is 2.42. The van der Waals surface area contributed by atoms with Crippen molar-refractivity contribution in [3.05, 3.63) is 70.9 Å². The molecule has 4 heteroatoms. The summed E-state index contributed by atoms with van der Waals surface area (Å²) in [6.45, 7) is 5.32. The Kier molecular flexibility index (Phi) is 5.03. The van der Waals surface area contributed by atoms with E-state index in [0.717, 1.165) is 49.0 Å². The summed E-state index contributed by atoms with van der Waals surface area (Å²) in [5.41, 5.74) is 5.31. The van der Waals surface area contributed by atoms with Crippen LogP contribution in [0.1, 0.15) is 42.9 Å². The van der Waals surface area contributed by atoms with E-state index in [1.807, 2.05) is 43.3 Å². The van der Waals surface area contributed by atoms with Gasteiger partial charge in [0.15, 0.2) is 0 Å². The van der Waals surface area contributed by atoms with Crippen molar-refractivity contribution < 1.29 is 9.59 Å². The molecule has 0 bridgehead atoms. The topological polar surface area (TPSA) is 40.6 Å². The van der Waals surface area contributed by atoms with Crippen molar-refractivity contribution in [3.8, 4) is 0 Å². The maximum absolute atomic E-state index is 13.4. The van der Waals surface area contributed by atoms with Gasteiger partial charge in [0.05, 0.1) is 5.57 Å². The van der Waals surface area contributed by atoms with Gasteiger partial charge in [-0.05, 0) is 43.4 Å². The number of hydrogen-bond donors (Lipinski definition) is 0. The number of nitrogens with zero attached hydrogens (tertiary/aromatic N) is 2. The predicted molar refractivity (Wildman–Crippen MR) is 112 cm³/mol. The summed E-state index contributed by atoms with van der Waals surface area (Å²) >= 11 is 0. The highest BCUT2D eigenvalue weighted by molar-refractivity contribution is 6.36. The first-order chi connectivity index (χ1) is 13.6. The molecule has 0 radical (unpaired) electrons. The quantitative estimate of drug-likeness (QED) is 0.732. The molecule has 28 heavy (non-hydrogen) atoms. The number of amides is 2. The van der Waals surface area contributed by atoms with Crippen molar-refractivity contribution in [2.24, 2.45) is 0 Å². The van der Waals surface area contributed by atoms with Gasteiger partial charge < -0.3 is 4.90 Å². The molecule has 0 spiro atoms. The average Bonchev–Trinajstić information content (AvgIpc) is 2.96. The van der Waals surface area contributed by atoms with Gasteiger partial charge in [-0.25, -0.2) is 0 Å². The van der Waals surface area contributed by atoms with Gasteiger partial charge in [0, 0.05) is 18.8 Å². The van der Waals surface area contributed by atoms with E-state index in [0.29, 0.717) is 17.8 Å². The Labute approximate surface area is 166 Å². The van der Waals surface area contributed by atoms with Crippen LogP contribution in [0.5, 0.6) is 0 Å². The Morgan fingerprint density at radius 1 is 0.964 bits per heavy atom. The molecule has 0 fully saturated rings. The molecule has 2 aromatic carbocycles. The number of anilines is 1. The number of para-hydroxylation sites is 1. The fourth-order valence-corrected chi connectivity index (χ4v) is 4.08. The lowest BCUT2D eigenvalue weighted by Crippen LogP contribution is -2.37. The molecule has 0 unspecified atom stereocenters. The maximum Gasteiger partial charge on any atom is 0.278 e. The van der Waals surface area contributed by atoms with Crippen LogP contribution >= 0.6 is 0 Å². The van der Waals surface area contributed by atoms with Gasteiger partial charge in [-0.2, -0.15) is 0 Å². The minimum atomic E-state index is -0.166. The molecule has 2 aromatic rings. The van der Waals surface area contributed by atoms with Crippen LogP contribution in [-0.4, -0.2) is 29.8 Å². The second-order valence-corrected chi connectivity index (χ2v) is 7.59. The van der Waals surface area contributed by atoms with Crippen LogP contribution < -0.4 is 4.90 Å². The summed E-state index contributed by atoms with van der Waals surface area (Å²) < 4.78 is 0. The molecule has 0 N–H and O–H groups in total. The molecule has 0 saturated carbocycles. The third-order valence-electron chi connectivity index (χ3n) is 5.60. The molecular weight excluding hydrogens is 348 g/mol. The fourth-order valence-electron chi connectivity index (χ4n) is 4.08. The van der Waals surface area contributed by atoms with Gasteiger partial charge >= 0.3 is 0 Å². The zero-order chi connectivity index (χ0) is 19.7. The van der Waals surface area contributed by atoms with Crippen molar-refractivity contribution in [1.29, 1.82) is 0 Å². The summed E-state index contributed by atoms with van der Waals surface area (Å²) in [6, 6.07) is 16.1. The molecule has 144 valence electrons. The fraction of sp³-hybridized carbons (Fsp3) is 0.333. The number of fused-ring (bicyclic) bond motifs is 1. The van der Waals surface area contributed by atoms with Crippen molar-refractivity contribution >= 4 is 23.1 Å². The highest BCUT2D eigenvalue weighted by atomic mass is 16.2. The van der Waals surface area contributed by atoms with Gasteiger partial charge in [-0.3, -0.25) is 14.5 Å². The lowest BCUT2D eigenvalue weighted by molar-refractivity contribution is -0.136. The van der Waals surface area contributed by atoms with E-state index < -0.39 is 0 Å². The normalized spacial score (nSPS) is 16.8.